The van der Waals surface area contributed by atoms with Gasteiger partial charge in [0.25, 0.3) is 0 Å². The maximum atomic E-state index is 13.5. The van der Waals surface area contributed by atoms with Gasteiger partial charge >= 0.3 is 5.97 Å². The highest BCUT2D eigenvalue weighted by molar-refractivity contribution is 5.91. The van der Waals surface area contributed by atoms with Gasteiger partial charge in [0.05, 0.1) is 5.92 Å². The minimum atomic E-state index is -0.816. The molecule has 2 amide bonds. The second kappa shape index (κ2) is 13.1. The molecule has 0 aliphatic rings. The Hall–Kier alpha value is -4.39. The zero-order chi connectivity index (χ0) is 28.5. The van der Waals surface area contributed by atoms with E-state index in [4.69, 9.17) is 4.74 Å². The van der Waals surface area contributed by atoms with Gasteiger partial charge in [0.1, 0.15) is 12.6 Å². The van der Waals surface area contributed by atoms with Crippen LogP contribution in [-0.4, -0.2) is 35.4 Å². The molecule has 4 rings (SSSR count). The SMILES string of the molecule is CC(C)(C)C(=O)NC(Cc1c[nH]c2ccccc12)C(=O)NCC(Cc1ccccc1)C(=O)OCc1ccccc1. The van der Waals surface area contributed by atoms with Gasteiger partial charge in [-0.1, -0.05) is 99.6 Å². The zero-order valence-corrected chi connectivity index (χ0v) is 23.3. The quantitative estimate of drug-likeness (QED) is 0.235. The van der Waals surface area contributed by atoms with Gasteiger partial charge in [-0.2, -0.15) is 0 Å². The molecule has 0 spiro atoms. The number of amides is 2. The number of aromatic nitrogens is 1. The summed E-state index contributed by atoms with van der Waals surface area (Å²) in [6.07, 6.45) is 2.59. The number of esters is 1. The first-order chi connectivity index (χ1) is 19.2. The van der Waals surface area contributed by atoms with Gasteiger partial charge in [-0.05, 0) is 29.2 Å². The van der Waals surface area contributed by atoms with Crippen molar-refractivity contribution in [2.45, 2.75) is 46.3 Å². The third kappa shape index (κ3) is 7.82. The number of aromatic amines is 1. The second-order valence-corrected chi connectivity index (χ2v) is 11.1. The molecule has 2 unspecified atom stereocenters. The lowest BCUT2D eigenvalue weighted by Crippen LogP contribution is -2.52. The van der Waals surface area contributed by atoms with Crippen LogP contribution in [0.5, 0.6) is 0 Å². The fourth-order valence-corrected chi connectivity index (χ4v) is 4.44. The third-order valence-electron chi connectivity index (χ3n) is 6.81. The molecule has 1 heterocycles. The minimum Gasteiger partial charge on any atom is -0.461 e. The molecule has 3 N–H and O–H groups in total. The van der Waals surface area contributed by atoms with Crippen molar-refractivity contribution in [3.63, 3.8) is 0 Å². The van der Waals surface area contributed by atoms with Crippen LogP contribution in [0, 0.1) is 11.3 Å². The monoisotopic (exact) mass is 539 g/mol. The highest BCUT2D eigenvalue weighted by Crippen LogP contribution is 2.20. The van der Waals surface area contributed by atoms with Crippen molar-refractivity contribution >= 4 is 28.7 Å². The Morgan fingerprint density at radius 1 is 0.825 bits per heavy atom. The first-order valence-corrected chi connectivity index (χ1v) is 13.6. The van der Waals surface area contributed by atoms with Crippen LogP contribution in [0.4, 0.5) is 0 Å². The van der Waals surface area contributed by atoms with Gasteiger partial charge in [0.15, 0.2) is 0 Å². The van der Waals surface area contributed by atoms with Crippen LogP contribution in [0.3, 0.4) is 0 Å². The Morgan fingerprint density at radius 2 is 1.45 bits per heavy atom. The van der Waals surface area contributed by atoms with Crippen molar-refractivity contribution < 1.29 is 19.1 Å². The van der Waals surface area contributed by atoms with Gasteiger partial charge in [0, 0.05) is 35.5 Å². The largest absolute Gasteiger partial charge is 0.461 e. The van der Waals surface area contributed by atoms with E-state index in [-0.39, 0.29) is 30.9 Å². The summed E-state index contributed by atoms with van der Waals surface area (Å²) in [6.45, 7) is 5.66. The fraction of sp³-hybridized carbons (Fsp3) is 0.303. The average Bonchev–Trinajstić information content (AvgIpc) is 3.36. The van der Waals surface area contributed by atoms with E-state index in [1.165, 1.54) is 0 Å². The molecule has 1 aromatic heterocycles. The number of fused-ring (bicyclic) bond motifs is 1. The Labute approximate surface area is 235 Å². The highest BCUT2D eigenvalue weighted by Gasteiger charge is 2.30. The number of benzene rings is 3. The molecule has 4 aromatic rings. The zero-order valence-electron chi connectivity index (χ0n) is 23.3. The van der Waals surface area contributed by atoms with Crippen LogP contribution in [0.2, 0.25) is 0 Å². The van der Waals surface area contributed by atoms with Gasteiger partial charge < -0.3 is 20.4 Å². The predicted molar refractivity (Wildman–Crippen MR) is 156 cm³/mol. The molecular weight excluding hydrogens is 502 g/mol. The lowest BCUT2D eigenvalue weighted by atomic mass is 9.94. The molecule has 40 heavy (non-hydrogen) atoms. The molecule has 7 nitrogen and oxygen atoms in total. The molecular formula is C33H37N3O4. The Balaban J connectivity index is 1.49. The van der Waals surface area contributed by atoms with Gasteiger partial charge in [-0.25, -0.2) is 0 Å². The van der Waals surface area contributed by atoms with Crippen molar-refractivity contribution in [3.05, 3.63) is 108 Å². The number of H-pyrrole nitrogens is 1. The summed E-state index contributed by atoms with van der Waals surface area (Å²) in [5, 5.41) is 6.86. The van der Waals surface area contributed by atoms with Crippen LogP contribution >= 0.6 is 0 Å². The second-order valence-electron chi connectivity index (χ2n) is 11.1. The summed E-state index contributed by atoms with van der Waals surface area (Å²) >= 11 is 0. The number of hydrogen-bond acceptors (Lipinski definition) is 4. The van der Waals surface area contributed by atoms with Crippen LogP contribution in [0.15, 0.2) is 91.1 Å². The van der Waals surface area contributed by atoms with Crippen molar-refractivity contribution in [3.8, 4) is 0 Å². The number of carbonyl (C=O) groups is 3. The van der Waals surface area contributed by atoms with E-state index in [2.05, 4.69) is 15.6 Å². The van der Waals surface area contributed by atoms with E-state index >= 15 is 0 Å². The molecule has 2 atom stereocenters. The molecule has 0 saturated heterocycles. The smallest absolute Gasteiger partial charge is 0.311 e. The minimum absolute atomic E-state index is 0.0805. The molecule has 7 heteroatoms. The highest BCUT2D eigenvalue weighted by atomic mass is 16.5. The normalized spacial score (nSPS) is 12.9. The summed E-state index contributed by atoms with van der Waals surface area (Å²) in [6, 6.07) is 26.2. The van der Waals surface area contributed by atoms with Crippen LogP contribution in [0.25, 0.3) is 10.9 Å². The van der Waals surface area contributed by atoms with Gasteiger partial charge in [-0.3, -0.25) is 14.4 Å². The molecule has 0 fully saturated rings. The van der Waals surface area contributed by atoms with Crippen molar-refractivity contribution in [1.82, 2.24) is 15.6 Å². The fourth-order valence-electron chi connectivity index (χ4n) is 4.44. The lowest BCUT2D eigenvalue weighted by molar-refractivity contribution is -0.150. The molecule has 0 aliphatic heterocycles. The van der Waals surface area contributed by atoms with E-state index < -0.39 is 17.4 Å². The molecule has 3 aromatic carbocycles. The average molecular weight is 540 g/mol. The molecule has 0 bridgehead atoms. The van der Waals surface area contributed by atoms with Crippen LogP contribution in [-0.2, 0) is 38.6 Å². The van der Waals surface area contributed by atoms with Crippen LogP contribution in [0.1, 0.15) is 37.5 Å². The molecule has 0 aliphatic carbocycles. The first kappa shape index (κ1) is 28.6. The number of hydrogen-bond donors (Lipinski definition) is 3. The Bertz CT molecular complexity index is 1420. The van der Waals surface area contributed by atoms with E-state index in [0.29, 0.717) is 12.8 Å². The maximum Gasteiger partial charge on any atom is 0.311 e. The van der Waals surface area contributed by atoms with E-state index in [9.17, 15) is 14.4 Å². The molecule has 0 radical (unpaired) electrons. The van der Waals surface area contributed by atoms with Crippen LogP contribution < -0.4 is 10.6 Å². The molecule has 208 valence electrons. The predicted octanol–water partition coefficient (Wildman–Crippen LogP) is 4.96. The van der Waals surface area contributed by atoms with Crippen molar-refractivity contribution in [1.29, 1.82) is 0 Å². The topological polar surface area (TPSA) is 100 Å². The van der Waals surface area contributed by atoms with Crippen molar-refractivity contribution in [2.24, 2.45) is 11.3 Å². The van der Waals surface area contributed by atoms with Gasteiger partial charge in [-0.15, -0.1) is 0 Å². The summed E-state index contributed by atoms with van der Waals surface area (Å²) in [5.74, 6) is -1.56. The summed E-state index contributed by atoms with van der Waals surface area (Å²) in [5.41, 5.74) is 3.07. The lowest BCUT2D eigenvalue weighted by Gasteiger charge is -2.25. The third-order valence-corrected chi connectivity index (χ3v) is 6.81. The Kier molecular flexibility index (Phi) is 9.38. The Morgan fingerprint density at radius 3 is 2.12 bits per heavy atom. The standard InChI is InChI=1S/C33H37N3O4/c1-33(2,3)32(39)36-29(19-25-20-34-28-17-11-10-16-27(25)28)30(37)35-21-26(18-23-12-6-4-7-13-23)31(38)40-22-24-14-8-5-9-15-24/h4-17,20,26,29,34H,18-19,21-22H2,1-3H3,(H,35,37)(H,36,39). The summed E-state index contributed by atoms with van der Waals surface area (Å²) in [7, 11) is 0. The maximum absolute atomic E-state index is 13.5. The number of carbonyl (C=O) groups excluding carboxylic acids is 3. The number of rotatable bonds is 11. The summed E-state index contributed by atoms with van der Waals surface area (Å²) < 4.78 is 5.63. The van der Waals surface area contributed by atoms with E-state index in [1.807, 2.05) is 112 Å². The molecule has 0 saturated carbocycles. The van der Waals surface area contributed by atoms with E-state index in [1.54, 1.807) is 0 Å². The summed E-state index contributed by atoms with van der Waals surface area (Å²) in [4.78, 5) is 42.8. The number of nitrogens with one attached hydrogen (secondary N) is 3. The van der Waals surface area contributed by atoms with E-state index in [0.717, 1.165) is 27.6 Å². The van der Waals surface area contributed by atoms with Gasteiger partial charge in [0.2, 0.25) is 11.8 Å². The number of ether oxygens (including phenoxy) is 1. The number of para-hydroxylation sites is 1. The first-order valence-electron chi connectivity index (χ1n) is 13.6. The van der Waals surface area contributed by atoms with Crippen molar-refractivity contribution in [2.75, 3.05) is 6.54 Å².